The molecule has 2 N–H and O–H groups in total. The number of nitrogens with two attached hydrogens (primary N) is 1. The third kappa shape index (κ3) is 5.10. The van der Waals surface area contributed by atoms with E-state index in [2.05, 4.69) is 6.07 Å². The number of carbonyl (C=O) groups excluding carboxylic acids is 2. The van der Waals surface area contributed by atoms with Crippen molar-refractivity contribution in [1.82, 2.24) is 9.80 Å². The molecule has 0 aliphatic carbocycles. The Balaban J connectivity index is 1.59. The van der Waals surface area contributed by atoms with Crippen LogP contribution in [-0.2, 0) is 22.4 Å². The minimum absolute atomic E-state index is 0.0958. The third-order valence-electron chi connectivity index (χ3n) is 6.99. The molecule has 2 aliphatic heterocycles. The Morgan fingerprint density at radius 2 is 1.83 bits per heavy atom. The number of amides is 2. The van der Waals surface area contributed by atoms with Gasteiger partial charge in [0.1, 0.15) is 6.04 Å². The number of nitriles is 1. The molecule has 35 heavy (non-hydrogen) atoms. The van der Waals surface area contributed by atoms with E-state index in [-0.39, 0.29) is 24.3 Å². The maximum absolute atomic E-state index is 13.5. The van der Waals surface area contributed by atoms with Crippen LogP contribution < -0.4 is 15.2 Å². The van der Waals surface area contributed by atoms with Gasteiger partial charge in [0.2, 0.25) is 11.8 Å². The normalized spacial score (nSPS) is 20.1. The standard InChI is InChI=1S/C27H32N4O4/c1-34-24-14-19-10-12-31(26(32)16-22(29)27(33)30-11-6-9-20(30)17-28)23(21(19)15-25(24)35-2)13-18-7-4-3-5-8-18/h3-5,7-8,14-15,20,22-23H,6,9-13,16,29H2,1-2H3/t20-,22?,23?/m0/s1. The van der Waals surface area contributed by atoms with Crippen molar-refractivity contribution in [1.29, 1.82) is 5.26 Å². The second-order valence-electron chi connectivity index (χ2n) is 9.08. The van der Waals surface area contributed by atoms with Gasteiger partial charge >= 0.3 is 0 Å². The van der Waals surface area contributed by atoms with E-state index in [1.165, 1.54) is 4.90 Å². The summed E-state index contributed by atoms with van der Waals surface area (Å²) >= 11 is 0. The molecule has 184 valence electrons. The average molecular weight is 477 g/mol. The number of likely N-dealkylation sites (tertiary alicyclic amines) is 1. The van der Waals surface area contributed by atoms with Gasteiger partial charge in [-0.25, -0.2) is 0 Å². The van der Waals surface area contributed by atoms with Crippen LogP contribution in [0.1, 0.15) is 42.0 Å². The van der Waals surface area contributed by atoms with Crippen molar-refractivity contribution in [2.45, 2.75) is 50.2 Å². The number of methoxy groups -OCH3 is 2. The number of hydrogen-bond acceptors (Lipinski definition) is 6. The summed E-state index contributed by atoms with van der Waals surface area (Å²) in [5.74, 6) is 0.780. The molecule has 2 aromatic carbocycles. The van der Waals surface area contributed by atoms with E-state index >= 15 is 0 Å². The summed E-state index contributed by atoms with van der Waals surface area (Å²) < 4.78 is 11.0. The summed E-state index contributed by atoms with van der Waals surface area (Å²) in [7, 11) is 3.21. The van der Waals surface area contributed by atoms with Crippen LogP contribution in [0.25, 0.3) is 0 Å². The summed E-state index contributed by atoms with van der Waals surface area (Å²) in [6.07, 6.45) is 2.62. The lowest BCUT2D eigenvalue weighted by molar-refractivity contribution is -0.140. The Bertz CT molecular complexity index is 1110. The van der Waals surface area contributed by atoms with E-state index in [4.69, 9.17) is 15.2 Å². The zero-order valence-electron chi connectivity index (χ0n) is 20.3. The van der Waals surface area contributed by atoms with Crippen LogP contribution in [0.4, 0.5) is 0 Å². The zero-order chi connectivity index (χ0) is 24.9. The Morgan fingerprint density at radius 3 is 2.51 bits per heavy atom. The largest absolute Gasteiger partial charge is 0.493 e. The first-order chi connectivity index (χ1) is 17.0. The highest BCUT2D eigenvalue weighted by Gasteiger charge is 2.36. The molecule has 0 spiro atoms. The SMILES string of the molecule is COc1cc2c(cc1OC)C(Cc1ccccc1)N(C(=O)CC(N)C(=O)N1CCC[C@H]1C#N)CC2. The van der Waals surface area contributed by atoms with Crippen LogP contribution in [0.3, 0.4) is 0 Å². The number of hydrogen-bond donors (Lipinski definition) is 1. The average Bonchev–Trinajstić information content (AvgIpc) is 3.37. The summed E-state index contributed by atoms with van der Waals surface area (Å²) in [6.45, 7) is 1.03. The quantitative estimate of drug-likeness (QED) is 0.658. The Morgan fingerprint density at radius 1 is 1.11 bits per heavy atom. The Hall–Kier alpha value is -3.57. The van der Waals surface area contributed by atoms with Crippen molar-refractivity contribution in [3.05, 3.63) is 59.2 Å². The van der Waals surface area contributed by atoms with Crippen LogP contribution in [0.15, 0.2) is 42.5 Å². The summed E-state index contributed by atoms with van der Waals surface area (Å²) in [6, 6.07) is 14.5. The van der Waals surface area contributed by atoms with E-state index < -0.39 is 12.1 Å². The molecular weight excluding hydrogens is 444 g/mol. The molecule has 0 bridgehead atoms. The van der Waals surface area contributed by atoms with E-state index in [0.717, 1.165) is 23.1 Å². The number of carbonyl (C=O) groups is 2. The van der Waals surface area contributed by atoms with Crippen molar-refractivity contribution in [2.24, 2.45) is 5.73 Å². The molecule has 8 heteroatoms. The van der Waals surface area contributed by atoms with Gasteiger partial charge in [-0.05, 0) is 54.5 Å². The highest BCUT2D eigenvalue weighted by atomic mass is 16.5. The van der Waals surface area contributed by atoms with Gasteiger partial charge in [-0.3, -0.25) is 9.59 Å². The molecule has 8 nitrogen and oxygen atoms in total. The fourth-order valence-electron chi connectivity index (χ4n) is 5.15. The lowest BCUT2D eigenvalue weighted by atomic mass is 9.87. The van der Waals surface area contributed by atoms with Crippen LogP contribution >= 0.6 is 0 Å². The molecule has 1 saturated heterocycles. The van der Waals surface area contributed by atoms with Gasteiger partial charge in [0.05, 0.1) is 38.8 Å². The molecule has 3 atom stereocenters. The van der Waals surface area contributed by atoms with Crippen molar-refractivity contribution in [2.75, 3.05) is 27.3 Å². The van der Waals surface area contributed by atoms with Gasteiger partial charge in [-0.2, -0.15) is 5.26 Å². The second-order valence-corrected chi connectivity index (χ2v) is 9.08. The van der Waals surface area contributed by atoms with E-state index in [0.29, 0.717) is 43.9 Å². The fraction of sp³-hybridized carbons (Fsp3) is 0.444. The zero-order valence-corrected chi connectivity index (χ0v) is 20.3. The predicted molar refractivity (Wildman–Crippen MR) is 131 cm³/mol. The van der Waals surface area contributed by atoms with Crippen molar-refractivity contribution in [3.8, 4) is 17.6 Å². The topological polar surface area (TPSA) is 109 Å². The molecule has 2 heterocycles. The second kappa shape index (κ2) is 10.8. The van der Waals surface area contributed by atoms with Gasteiger partial charge < -0.3 is 25.0 Å². The molecular formula is C27H32N4O4. The van der Waals surface area contributed by atoms with Gasteiger partial charge in [-0.15, -0.1) is 0 Å². The first-order valence-electron chi connectivity index (χ1n) is 12.0. The summed E-state index contributed by atoms with van der Waals surface area (Å²) in [4.78, 5) is 29.8. The third-order valence-corrected chi connectivity index (χ3v) is 6.99. The minimum atomic E-state index is -0.972. The Labute approximate surface area is 206 Å². The molecule has 0 aromatic heterocycles. The molecule has 1 fully saturated rings. The number of rotatable bonds is 7. The van der Waals surface area contributed by atoms with Gasteiger partial charge in [0.25, 0.3) is 0 Å². The first-order valence-corrected chi connectivity index (χ1v) is 12.0. The molecule has 2 aromatic rings. The molecule has 2 unspecified atom stereocenters. The van der Waals surface area contributed by atoms with Crippen molar-refractivity contribution >= 4 is 11.8 Å². The van der Waals surface area contributed by atoms with Gasteiger partial charge in [0.15, 0.2) is 11.5 Å². The molecule has 0 saturated carbocycles. The minimum Gasteiger partial charge on any atom is -0.493 e. The lowest BCUT2D eigenvalue weighted by Gasteiger charge is -2.38. The highest BCUT2D eigenvalue weighted by Crippen LogP contribution is 2.39. The molecule has 4 rings (SSSR count). The molecule has 0 radical (unpaired) electrons. The summed E-state index contributed by atoms with van der Waals surface area (Å²) in [5, 5.41) is 9.32. The maximum atomic E-state index is 13.5. The number of fused-ring (bicyclic) bond motifs is 1. The van der Waals surface area contributed by atoms with E-state index in [1.807, 2.05) is 47.4 Å². The fourth-order valence-corrected chi connectivity index (χ4v) is 5.15. The highest BCUT2D eigenvalue weighted by molar-refractivity contribution is 5.89. The molecule has 2 amide bonds. The van der Waals surface area contributed by atoms with Crippen molar-refractivity contribution in [3.63, 3.8) is 0 Å². The monoisotopic (exact) mass is 476 g/mol. The smallest absolute Gasteiger partial charge is 0.241 e. The van der Waals surface area contributed by atoms with Crippen LogP contribution in [0.2, 0.25) is 0 Å². The van der Waals surface area contributed by atoms with Gasteiger partial charge in [-0.1, -0.05) is 30.3 Å². The summed E-state index contributed by atoms with van der Waals surface area (Å²) in [5.41, 5.74) is 9.44. The number of ether oxygens (including phenoxy) is 2. The molecule has 2 aliphatic rings. The van der Waals surface area contributed by atoms with E-state index in [9.17, 15) is 14.9 Å². The van der Waals surface area contributed by atoms with Gasteiger partial charge in [0, 0.05) is 13.1 Å². The predicted octanol–water partition coefficient (Wildman–Crippen LogP) is 2.60. The Kier molecular flexibility index (Phi) is 7.57. The lowest BCUT2D eigenvalue weighted by Crippen LogP contribution is -2.49. The number of nitrogens with zero attached hydrogens (tertiary/aromatic N) is 3. The van der Waals surface area contributed by atoms with Crippen LogP contribution in [0.5, 0.6) is 11.5 Å². The first kappa shape index (κ1) is 24.6. The number of benzene rings is 2. The maximum Gasteiger partial charge on any atom is 0.241 e. The van der Waals surface area contributed by atoms with Crippen molar-refractivity contribution < 1.29 is 19.1 Å². The van der Waals surface area contributed by atoms with Crippen LogP contribution in [-0.4, -0.2) is 61.0 Å². The van der Waals surface area contributed by atoms with E-state index in [1.54, 1.807) is 14.2 Å². The van der Waals surface area contributed by atoms with Crippen LogP contribution in [0, 0.1) is 11.3 Å².